The number of rotatable bonds is 2. The number of halogens is 1. The van der Waals surface area contributed by atoms with Gasteiger partial charge in [0.05, 0.1) is 0 Å². The standard InChI is InChI=1S/2C4H9O.ClH.Ti/c2*1-4(2)3-5;;/h2*4H,3H2,1-2H3;1H;/q2*-1;;+3/p-1. The summed E-state index contributed by atoms with van der Waals surface area (Å²) in [6.07, 6.45) is 0. The fourth-order valence-corrected chi connectivity index (χ4v) is 0. The molecule has 4 heteroatoms. The summed E-state index contributed by atoms with van der Waals surface area (Å²) in [6, 6.07) is 0. The van der Waals surface area contributed by atoms with Gasteiger partial charge in [-0.2, -0.15) is 0 Å². The van der Waals surface area contributed by atoms with Crippen LogP contribution in [-0.2, 0) is 21.7 Å². The topological polar surface area (TPSA) is 46.1 Å². The van der Waals surface area contributed by atoms with Crippen molar-refractivity contribution < 1.29 is 44.3 Å². The average molecular weight is 230 g/mol. The third kappa shape index (κ3) is 44.4. The van der Waals surface area contributed by atoms with Crippen LogP contribution in [0, 0.1) is 11.8 Å². The van der Waals surface area contributed by atoms with Crippen molar-refractivity contribution in [3.63, 3.8) is 0 Å². The van der Waals surface area contributed by atoms with E-state index in [1.165, 1.54) is 0 Å². The van der Waals surface area contributed by atoms with Crippen molar-refractivity contribution in [1.29, 1.82) is 0 Å². The molecule has 0 aliphatic carbocycles. The van der Waals surface area contributed by atoms with E-state index in [1.54, 1.807) is 0 Å². The summed E-state index contributed by atoms with van der Waals surface area (Å²) in [5.41, 5.74) is 0. The Bertz CT molecular complexity index is 53.0. The smallest absolute Gasteiger partial charge is 1.00 e. The summed E-state index contributed by atoms with van der Waals surface area (Å²) >= 11 is 0. The van der Waals surface area contributed by atoms with Crippen LogP contribution in [0.4, 0.5) is 0 Å². The van der Waals surface area contributed by atoms with E-state index < -0.39 is 0 Å². The minimum Gasteiger partial charge on any atom is -1.00 e. The van der Waals surface area contributed by atoms with Crippen molar-refractivity contribution in [2.45, 2.75) is 27.7 Å². The molecule has 0 aromatic heterocycles. The molecule has 0 spiro atoms. The van der Waals surface area contributed by atoms with Gasteiger partial charge in [-0.1, -0.05) is 39.5 Å². The van der Waals surface area contributed by atoms with Crippen molar-refractivity contribution in [3.05, 3.63) is 0 Å². The van der Waals surface area contributed by atoms with Gasteiger partial charge in [0.2, 0.25) is 0 Å². The summed E-state index contributed by atoms with van der Waals surface area (Å²) in [7, 11) is 0. The molecule has 0 amide bonds. The van der Waals surface area contributed by atoms with E-state index in [0.717, 1.165) is 0 Å². The molecule has 12 heavy (non-hydrogen) atoms. The van der Waals surface area contributed by atoms with Gasteiger partial charge in [-0.05, 0) is 0 Å². The van der Waals surface area contributed by atoms with Gasteiger partial charge in [-0.15, -0.1) is 13.2 Å². The van der Waals surface area contributed by atoms with Crippen LogP contribution in [0.3, 0.4) is 0 Å². The van der Waals surface area contributed by atoms with E-state index in [1.807, 2.05) is 27.7 Å². The largest absolute Gasteiger partial charge is 3.00 e. The maximum absolute atomic E-state index is 9.63. The first-order valence-electron chi connectivity index (χ1n) is 3.70. The zero-order valence-corrected chi connectivity index (χ0v) is 10.6. The van der Waals surface area contributed by atoms with Gasteiger partial charge in [0.1, 0.15) is 0 Å². The molecule has 0 N–H and O–H groups in total. The molecule has 0 saturated carbocycles. The molecule has 73 valence electrons. The summed E-state index contributed by atoms with van der Waals surface area (Å²) in [4.78, 5) is 0. The maximum Gasteiger partial charge on any atom is 3.00 e. The fraction of sp³-hybridized carbons (Fsp3) is 1.00. The zero-order valence-electron chi connectivity index (χ0n) is 8.26. The molecule has 0 heterocycles. The van der Waals surface area contributed by atoms with Gasteiger partial charge in [0.15, 0.2) is 0 Å². The second-order valence-corrected chi connectivity index (χ2v) is 3.12. The third-order valence-electron chi connectivity index (χ3n) is 0.667. The van der Waals surface area contributed by atoms with E-state index in [9.17, 15) is 10.2 Å². The number of hydrogen-bond acceptors (Lipinski definition) is 2. The van der Waals surface area contributed by atoms with Crippen LogP contribution < -0.4 is 22.6 Å². The molecule has 0 fully saturated rings. The second-order valence-electron chi connectivity index (χ2n) is 3.12. The Balaban J connectivity index is -0.0000000457. The summed E-state index contributed by atoms with van der Waals surface area (Å²) in [5, 5.41) is 19.3. The van der Waals surface area contributed by atoms with E-state index in [0.29, 0.717) is 11.8 Å². The monoisotopic (exact) mass is 229 g/mol. The van der Waals surface area contributed by atoms with Crippen LogP contribution in [0.5, 0.6) is 0 Å². The molecule has 0 aromatic carbocycles. The van der Waals surface area contributed by atoms with Crippen molar-refractivity contribution >= 4 is 0 Å². The van der Waals surface area contributed by atoms with Crippen LogP contribution in [0.1, 0.15) is 27.7 Å². The molecule has 0 atom stereocenters. The van der Waals surface area contributed by atoms with Gasteiger partial charge >= 0.3 is 21.7 Å². The van der Waals surface area contributed by atoms with Gasteiger partial charge in [-0.25, -0.2) is 0 Å². The predicted octanol–water partition coefficient (Wildman–Crippen LogP) is -2.99. The normalized spacial score (nSPS) is 8.00. The summed E-state index contributed by atoms with van der Waals surface area (Å²) in [5.74, 6) is 0.657. The molecule has 0 saturated heterocycles. The van der Waals surface area contributed by atoms with E-state index in [2.05, 4.69) is 0 Å². The van der Waals surface area contributed by atoms with E-state index in [-0.39, 0.29) is 47.3 Å². The van der Waals surface area contributed by atoms with E-state index >= 15 is 0 Å². The SMILES string of the molecule is CC(C)C[O-].CC(C)C[O-].[Cl-].[Ti+3]. The Hall–Kier alpha value is 0.924. The van der Waals surface area contributed by atoms with Gasteiger partial charge < -0.3 is 22.6 Å². The van der Waals surface area contributed by atoms with E-state index in [4.69, 9.17) is 0 Å². The Morgan fingerprint density at radius 1 is 0.833 bits per heavy atom. The van der Waals surface area contributed by atoms with Crippen molar-refractivity contribution in [2.24, 2.45) is 11.8 Å². The van der Waals surface area contributed by atoms with Gasteiger partial charge in [0.25, 0.3) is 0 Å². The maximum atomic E-state index is 9.63. The molecular weight excluding hydrogens is 211 g/mol. The molecule has 2 nitrogen and oxygen atoms in total. The second kappa shape index (κ2) is 17.9. The zero-order chi connectivity index (χ0) is 8.57. The molecule has 0 unspecified atom stereocenters. The van der Waals surface area contributed by atoms with Gasteiger partial charge in [0, 0.05) is 0 Å². The summed E-state index contributed by atoms with van der Waals surface area (Å²) < 4.78 is 0. The Morgan fingerprint density at radius 2 is 0.917 bits per heavy atom. The minimum atomic E-state index is 0. The molecule has 0 bridgehead atoms. The van der Waals surface area contributed by atoms with Crippen LogP contribution in [-0.4, -0.2) is 13.2 Å². The molecule has 0 aliphatic rings. The Labute approximate surface area is 97.0 Å². The fourth-order valence-electron chi connectivity index (χ4n) is 0. The quantitative estimate of drug-likeness (QED) is 0.474. The number of hydrogen-bond donors (Lipinski definition) is 0. The van der Waals surface area contributed by atoms with Crippen molar-refractivity contribution in [1.82, 2.24) is 0 Å². The molecule has 1 radical (unpaired) electrons. The van der Waals surface area contributed by atoms with Crippen molar-refractivity contribution in [3.8, 4) is 0 Å². The Morgan fingerprint density at radius 3 is 0.917 bits per heavy atom. The van der Waals surface area contributed by atoms with Crippen LogP contribution in [0.2, 0.25) is 0 Å². The summed E-state index contributed by atoms with van der Waals surface area (Å²) in [6.45, 7) is 7.75. The Kier molecular flexibility index (Phi) is 34.4. The molecule has 0 aromatic rings. The average Bonchev–Trinajstić information content (AvgIpc) is 1.89. The molecular formula is C8H18ClO2Ti. The minimum absolute atomic E-state index is 0. The van der Waals surface area contributed by atoms with Crippen molar-refractivity contribution in [2.75, 3.05) is 13.2 Å². The first kappa shape index (κ1) is 23.1. The molecule has 0 aliphatic heterocycles. The van der Waals surface area contributed by atoms with Gasteiger partial charge in [-0.3, -0.25) is 0 Å². The van der Waals surface area contributed by atoms with Crippen LogP contribution in [0.25, 0.3) is 0 Å². The third-order valence-corrected chi connectivity index (χ3v) is 0.667. The van der Waals surface area contributed by atoms with Crippen LogP contribution >= 0.6 is 0 Å². The first-order chi connectivity index (χ1) is 4.54. The first-order valence-corrected chi connectivity index (χ1v) is 3.70. The van der Waals surface area contributed by atoms with Crippen LogP contribution in [0.15, 0.2) is 0 Å². The molecule has 0 rings (SSSR count). The predicted molar refractivity (Wildman–Crippen MR) is 39.4 cm³/mol.